The second-order valence-corrected chi connectivity index (χ2v) is 5.86. The van der Waals surface area contributed by atoms with Crippen LogP contribution in [0, 0.1) is 12.7 Å². The Morgan fingerprint density at radius 3 is 3.05 bits per heavy atom. The minimum absolute atomic E-state index is 0.121. The van der Waals surface area contributed by atoms with Crippen LogP contribution in [0.25, 0.3) is 0 Å². The first-order valence-corrected chi connectivity index (χ1v) is 7.51. The molecule has 4 nitrogen and oxygen atoms in total. The van der Waals surface area contributed by atoms with Crippen LogP contribution in [0.1, 0.15) is 30.6 Å². The number of nitrogens with zero attached hydrogens (tertiary/aromatic N) is 3. The minimum Gasteiger partial charge on any atom is -0.309 e. The predicted octanol–water partition coefficient (Wildman–Crippen LogP) is 2.26. The second-order valence-electron chi connectivity index (χ2n) is 5.86. The lowest BCUT2D eigenvalue weighted by Crippen LogP contribution is -2.43. The average Bonchev–Trinajstić information content (AvgIpc) is 2.80. The van der Waals surface area contributed by atoms with E-state index in [1.807, 2.05) is 23.7 Å². The van der Waals surface area contributed by atoms with Crippen LogP contribution in [0.5, 0.6) is 0 Å². The number of hydrogen-bond acceptors (Lipinski definition) is 3. The quantitative estimate of drug-likeness (QED) is 0.938. The van der Waals surface area contributed by atoms with E-state index >= 15 is 0 Å². The molecule has 1 aliphatic heterocycles. The van der Waals surface area contributed by atoms with Crippen molar-refractivity contribution < 1.29 is 4.39 Å². The highest BCUT2D eigenvalue weighted by Crippen LogP contribution is 2.15. The lowest BCUT2D eigenvalue weighted by molar-refractivity contribution is 0.330. The molecule has 0 amide bonds. The van der Waals surface area contributed by atoms with E-state index in [0.717, 1.165) is 36.6 Å². The first-order chi connectivity index (χ1) is 10.1. The molecule has 21 heavy (non-hydrogen) atoms. The van der Waals surface area contributed by atoms with E-state index in [2.05, 4.69) is 22.3 Å². The summed E-state index contributed by atoms with van der Waals surface area (Å²) in [5, 5.41) is 8.00. The molecule has 0 fully saturated rings. The number of fused-ring (bicyclic) bond motifs is 1. The van der Waals surface area contributed by atoms with Crippen LogP contribution in [0.3, 0.4) is 0 Å². The van der Waals surface area contributed by atoms with Gasteiger partial charge in [0.25, 0.3) is 0 Å². The molecule has 112 valence electrons. The van der Waals surface area contributed by atoms with Crippen LogP contribution < -0.4 is 5.32 Å². The van der Waals surface area contributed by atoms with Gasteiger partial charge in [-0.2, -0.15) is 5.10 Å². The number of aromatic nitrogens is 3. The van der Waals surface area contributed by atoms with Crippen LogP contribution in [-0.2, 0) is 19.4 Å². The van der Waals surface area contributed by atoms with Gasteiger partial charge in [-0.3, -0.25) is 0 Å². The van der Waals surface area contributed by atoms with Crippen molar-refractivity contribution in [2.45, 2.75) is 51.7 Å². The van der Waals surface area contributed by atoms with Crippen molar-refractivity contribution in [2.24, 2.45) is 0 Å². The van der Waals surface area contributed by atoms with E-state index in [0.29, 0.717) is 12.5 Å². The Morgan fingerprint density at radius 2 is 2.24 bits per heavy atom. The van der Waals surface area contributed by atoms with E-state index < -0.39 is 0 Å². The summed E-state index contributed by atoms with van der Waals surface area (Å²) in [4.78, 5) is 4.42. The van der Waals surface area contributed by atoms with Gasteiger partial charge >= 0.3 is 0 Å². The standard InChI is InChI=1S/C16H21FN4/c1-11(9-13-5-3-4-6-15(13)17)18-14-7-8-16-19-12(2)20-21(16)10-14/h3-6,11,14,18H,7-10H2,1-2H3. The third kappa shape index (κ3) is 3.29. The minimum atomic E-state index is -0.121. The number of nitrogens with one attached hydrogen (secondary N) is 1. The van der Waals surface area contributed by atoms with E-state index in [-0.39, 0.29) is 11.9 Å². The Balaban J connectivity index is 1.59. The molecule has 2 aromatic rings. The van der Waals surface area contributed by atoms with Crippen molar-refractivity contribution in [1.29, 1.82) is 0 Å². The van der Waals surface area contributed by atoms with Crippen molar-refractivity contribution in [3.8, 4) is 0 Å². The summed E-state index contributed by atoms with van der Waals surface area (Å²) in [6, 6.07) is 7.60. The largest absolute Gasteiger partial charge is 0.309 e. The fraction of sp³-hybridized carbons (Fsp3) is 0.500. The molecule has 2 atom stereocenters. The van der Waals surface area contributed by atoms with E-state index in [1.54, 1.807) is 6.07 Å². The smallest absolute Gasteiger partial charge is 0.147 e. The Hall–Kier alpha value is -1.75. The van der Waals surface area contributed by atoms with Gasteiger partial charge in [-0.25, -0.2) is 14.1 Å². The molecular weight excluding hydrogens is 267 g/mol. The number of halogens is 1. The summed E-state index contributed by atoms with van der Waals surface area (Å²) in [7, 11) is 0. The van der Waals surface area contributed by atoms with Gasteiger partial charge in [0.15, 0.2) is 0 Å². The molecule has 2 unspecified atom stereocenters. The van der Waals surface area contributed by atoms with E-state index in [1.165, 1.54) is 6.07 Å². The average molecular weight is 288 g/mol. The summed E-state index contributed by atoms with van der Waals surface area (Å²) in [5.41, 5.74) is 0.769. The highest BCUT2D eigenvalue weighted by molar-refractivity contribution is 5.18. The molecule has 1 aromatic carbocycles. The van der Waals surface area contributed by atoms with Gasteiger partial charge in [-0.15, -0.1) is 0 Å². The van der Waals surface area contributed by atoms with Crippen molar-refractivity contribution >= 4 is 0 Å². The van der Waals surface area contributed by atoms with Gasteiger partial charge in [-0.1, -0.05) is 18.2 Å². The fourth-order valence-electron chi connectivity index (χ4n) is 3.02. The lowest BCUT2D eigenvalue weighted by atomic mass is 10.0. The Labute approximate surface area is 124 Å². The molecule has 0 aliphatic carbocycles. The van der Waals surface area contributed by atoms with E-state index in [4.69, 9.17) is 0 Å². The maximum absolute atomic E-state index is 13.7. The zero-order valence-corrected chi connectivity index (χ0v) is 12.5. The fourth-order valence-corrected chi connectivity index (χ4v) is 3.02. The molecular formula is C16H21FN4. The zero-order valence-electron chi connectivity index (χ0n) is 12.5. The molecule has 3 rings (SSSR count). The SMILES string of the molecule is Cc1nc2n(n1)CC(NC(C)Cc1ccccc1F)CC2. The van der Waals surface area contributed by atoms with Gasteiger partial charge < -0.3 is 5.32 Å². The molecule has 0 radical (unpaired) electrons. The van der Waals surface area contributed by atoms with Crippen LogP contribution in [0.2, 0.25) is 0 Å². The summed E-state index contributed by atoms with van der Waals surface area (Å²) in [6.07, 6.45) is 2.71. The third-order valence-electron chi connectivity index (χ3n) is 3.97. The molecule has 1 aromatic heterocycles. The first-order valence-electron chi connectivity index (χ1n) is 7.51. The van der Waals surface area contributed by atoms with Crippen molar-refractivity contribution in [1.82, 2.24) is 20.1 Å². The van der Waals surface area contributed by atoms with Crippen molar-refractivity contribution in [3.63, 3.8) is 0 Å². The second kappa shape index (κ2) is 5.93. The predicted molar refractivity (Wildman–Crippen MR) is 79.6 cm³/mol. The monoisotopic (exact) mass is 288 g/mol. The highest BCUT2D eigenvalue weighted by Gasteiger charge is 2.22. The Morgan fingerprint density at radius 1 is 1.43 bits per heavy atom. The molecule has 0 bridgehead atoms. The Bertz CT molecular complexity index is 622. The zero-order chi connectivity index (χ0) is 14.8. The van der Waals surface area contributed by atoms with Crippen LogP contribution in [-0.4, -0.2) is 26.8 Å². The van der Waals surface area contributed by atoms with Gasteiger partial charge in [0.2, 0.25) is 0 Å². The number of aryl methyl sites for hydroxylation is 2. The topological polar surface area (TPSA) is 42.7 Å². The molecule has 0 saturated heterocycles. The number of hydrogen-bond donors (Lipinski definition) is 1. The maximum atomic E-state index is 13.7. The van der Waals surface area contributed by atoms with Crippen LogP contribution in [0.15, 0.2) is 24.3 Å². The number of benzene rings is 1. The molecule has 1 aliphatic rings. The summed E-state index contributed by atoms with van der Waals surface area (Å²) in [5.74, 6) is 1.79. The molecule has 0 saturated carbocycles. The highest BCUT2D eigenvalue weighted by atomic mass is 19.1. The van der Waals surface area contributed by atoms with E-state index in [9.17, 15) is 4.39 Å². The number of rotatable bonds is 4. The molecule has 2 heterocycles. The summed E-state index contributed by atoms with van der Waals surface area (Å²) < 4.78 is 15.7. The van der Waals surface area contributed by atoms with Crippen LogP contribution >= 0.6 is 0 Å². The molecule has 1 N–H and O–H groups in total. The Kier molecular flexibility index (Phi) is 4.01. The molecule has 0 spiro atoms. The van der Waals surface area contributed by atoms with Gasteiger partial charge in [-0.05, 0) is 38.3 Å². The third-order valence-corrected chi connectivity index (χ3v) is 3.97. The molecule has 5 heteroatoms. The maximum Gasteiger partial charge on any atom is 0.147 e. The summed E-state index contributed by atoms with van der Waals surface area (Å²) in [6.45, 7) is 4.88. The first kappa shape index (κ1) is 14.2. The van der Waals surface area contributed by atoms with Crippen molar-refractivity contribution in [2.75, 3.05) is 0 Å². The normalized spacial score (nSPS) is 19.3. The lowest BCUT2D eigenvalue weighted by Gasteiger charge is -2.27. The van der Waals surface area contributed by atoms with Gasteiger partial charge in [0.05, 0.1) is 6.54 Å². The van der Waals surface area contributed by atoms with Gasteiger partial charge in [0, 0.05) is 18.5 Å². The van der Waals surface area contributed by atoms with Crippen molar-refractivity contribution in [3.05, 3.63) is 47.3 Å². The van der Waals surface area contributed by atoms with Crippen LogP contribution in [0.4, 0.5) is 4.39 Å². The van der Waals surface area contributed by atoms with Gasteiger partial charge in [0.1, 0.15) is 17.5 Å². The summed E-state index contributed by atoms with van der Waals surface area (Å²) >= 11 is 0.